The molecule has 11 heteroatoms. The molecular weight excluding hydrogens is 596 g/mol. The van der Waals surface area contributed by atoms with Gasteiger partial charge in [0.1, 0.15) is 18.2 Å². The van der Waals surface area contributed by atoms with Crippen molar-refractivity contribution in [3.8, 4) is 17.6 Å². The van der Waals surface area contributed by atoms with E-state index in [1.165, 1.54) is 12.1 Å². The van der Waals surface area contributed by atoms with Gasteiger partial charge in [0, 0.05) is 21.3 Å². The zero-order chi connectivity index (χ0) is 27.2. The highest BCUT2D eigenvalue weighted by molar-refractivity contribution is 9.10. The minimum atomic E-state index is -4.57. The minimum absolute atomic E-state index is 0.0956. The van der Waals surface area contributed by atoms with E-state index < -0.39 is 17.6 Å². The van der Waals surface area contributed by atoms with Gasteiger partial charge in [-0.2, -0.15) is 18.4 Å². The quantitative estimate of drug-likeness (QED) is 0.205. The maximum atomic E-state index is 13.0. The highest BCUT2D eigenvalue weighted by Crippen LogP contribution is 2.38. The fourth-order valence-electron chi connectivity index (χ4n) is 3.15. The SMILES string of the molecule is CCOc1cc(/C=C(\C#N)C(=O)Nc2cccc(C(F)(F)F)c2)cc(Br)c1OCc1ccc(Cl)cc1Cl. The molecule has 0 saturated heterocycles. The number of hydrogen-bond donors (Lipinski definition) is 1. The Labute approximate surface area is 229 Å². The van der Waals surface area contributed by atoms with Gasteiger partial charge in [-0.1, -0.05) is 35.3 Å². The molecule has 3 rings (SSSR count). The number of carbonyl (C=O) groups excluding carboxylic acids is 1. The first-order chi connectivity index (χ1) is 17.5. The van der Waals surface area contributed by atoms with Gasteiger partial charge >= 0.3 is 6.18 Å². The van der Waals surface area contributed by atoms with Crippen LogP contribution >= 0.6 is 39.1 Å². The lowest BCUT2D eigenvalue weighted by atomic mass is 10.1. The van der Waals surface area contributed by atoms with E-state index in [4.69, 9.17) is 32.7 Å². The first kappa shape index (κ1) is 28.4. The lowest BCUT2D eigenvalue weighted by molar-refractivity contribution is -0.137. The Bertz CT molecular complexity index is 1390. The van der Waals surface area contributed by atoms with Crippen LogP contribution in [0.25, 0.3) is 6.08 Å². The van der Waals surface area contributed by atoms with Gasteiger partial charge in [0.15, 0.2) is 11.5 Å². The molecule has 192 valence electrons. The number of rotatable bonds is 8. The Balaban J connectivity index is 1.85. The standard InChI is InChI=1S/C26H18BrCl2F3N2O3/c1-2-36-23-10-15(9-21(27)24(23)37-14-16-6-7-19(28)12-22(16)29)8-17(13-33)25(35)34-20-5-3-4-18(11-20)26(30,31)32/h3-12H,2,14H2,1H3,(H,34,35)/b17-8+. The number of nitrogens with one attached hydrogen (secondary N) is 1. The number of halogens is 6. The smallest absolute Gasteiger partial charge is 0.416 e. The Morgan fingerprint density at radius 3 is 2.54 bits per heavy atom. The van der Waals surface area contributed by atoms with Gasteiger partial charge in [-0.05, 0) is 77.0 Å². The van der Waals surface area contributed by atoms with Gasteiger partial charge in [-0.15, -0.1) is 0 Å². The van der Waals surface area contributed by atoms with Gasteiger partial charge in [-0.3, -0.25) is 4.79 Å². The number of anilines is 1. The Kier molecular flexibility index (Phi) is 9.49. The van der Waals surface area contributed by atoms with Gasteiger partial charge in [0.25, 0.3) is 5.91 Å². The molecule has 3 aromatic carbocycles. The number of nitriles is 1. The van der Waals surface area contributed by atoms with Crippen molar-refractivity contribution in [1.82, 2.24) is 0 Å². The normalized spacial score (nSPS) is 11.6. The second-order valence-electron chi connectivity index (χ2n) is 7.49. The molecule has 0 aliphatic heterocycles. The summed E-state index contributed by atoms with van der Waals surface area (Å²) < 4.78 is 51.0. The summed E-state index contributed by atoms with van der Waals surface area (Å²) in [4.78, 5) is 12.6. The molecule has 0 spiro atoms. The summed E-state index contributed by atoms with van der Waals surface area (Å²) in [5.41, 5.74) is -0.228. The van der Waals surface area contributed by atoms with Crippen molar-refractivity contribution in [3.63, 3.8) is 0 Å². The summed E-state index contributed by atoms with van der Waals surface area (Å²) >= 11 is 15.6. The maximum Gasteiger partial charge on any atom is 0.416 e. The van der Waals surface area contributed by atoms with Crippen molar-refractivity contribution in [2.45, 2.75) is 19.7 Å². The third-order valence-corrected chi connectivity index (χ3v) is 6.02. The van der Waals surface area contributed by atoms with Crippen molar-refractivity contribution in [1.29, 1.82) is 5.26 Å². The van der Waals surface area contributed by atoms with Crippen LogP contribution in [-0.4, -0.2) is 12.5 Å². The van der Waals surface area contributed by atoms with E-state index in [0.717, 1.165) is 18.2 Å². The van der Waals surface area contributed by atoms with Gasteiger partial charge < -0.3 is 14.8 Å². The molecule has 1 N–H and O–H groups in total. The molecule has 0 bridgehead atoms. The molecule has 37 heavy (non-hydrogen) atoms. The summed E-state index contributed by atoms with van der Waals surface area (Å²) in [5.74, 6) is -0.158. The highest BCUT2D eigenvalue weighted by atomic mass is 79.9. The molecule has 0 atom stereocenters. The van der Waals surface area contributed by atoms with E-state index in [9.17, 15) is 23.2 Å². The van der Waals surface area contributed by atoms with E-state index >= 15 is 0 Å². The third kappa shape index (κ3) is 7.65. The average Bonchev–Trinajstić information content (AvgIpc) is 2.83. The fourth-order valence-corrected chi connectivity index (χ4v) is 4.19. The lowest BCUT2D eigenvalue weighted by Gasteiger charge is -2.15. The van der Waals surface area contributed by atoms with Crippen LogP contribution < -0.4 is 14.8 Å². The molecule has 0 fully saturated rings. The van der Waals surface area contributed by atoms with Crippen LogP contribution in [0.2, 0.25) is 10.0 Å². The van der Waals surface area contributed by atoms with Crippen LogP contribution in [0.1, 0.15) is 23.6 Å². The molecule has 0 unspecified atom stereocenters. The van der Waals surface area contributed by atoms with E-state index in [1.54, 1.807) is 43.3 Å². The highest BCUT2D eigenvalue weighted by Gasteiger charge is 2.30. The van der Waals surface area contributed by atoms with Crippen LogP contribution in [0.15, 0.2) is 64.6 Å². The Hall–Kier alpha value is -3.19. The number of ether oxygens (including phenoxy) is 2. The van der Waals surface area contributed by atoms with Crippen LogP contribution in [0.5, 0.6) is 11.5 Å². The molecule has 5 nitrogen and oxygen atoms in total. The molecule has 0 aliphatic carbocycles. The molecule has 0 saturated carbocycles. The summed E-state index contributed by atoms with van der Waals surface area (Å²) in [5, 5.41) is 12.8. The van der Waals surface area contributed by atoms with Crippen LogP contribution in [0.4, 0.5) is 18.9 Å². The van der Waals surface area contributed by atoms with Crippen molar-refractivity contribution in [3.05, 3.63) is 91.4 Å². The zero-order valence-electron chi connectivity index (χ0n) is 19.1. The second kappa shape index (κ2) is 12.4. The number of benzene rings is 3. The summed E-state index contributed by atoms with van der Waals surface area (Å²) in [6.45, 7) is 2.20. The monoisotopic (exact) mass is 612 g/mol. The number of amides is 1. The lowest BCUT2D eigenvalue weighted by Crippen LogP contribution is -2.14. The van der Waals surface area contributed by atoms with Crippen molar-refractivity contribution < 1.29 is 27.4 Å². The van der Waals surface area contributed by atoms with Gasteiger partial charge in [0.2, 0.25) is 0 Å². The summed E-state index contributed by atoms with van der Waals surface area (Å²) in [6.07, 6.45) is -3.28. The van der Waals surface area contributed by atoms with Crippen molar-refractivity contribution >= 4 is 56.8 Å². The molecule has 0 radical (unpaired) electrons. The van der Waals surface area contributed by atoms with Crippen LogP contribution in [0.3, 0.4) is 0 Å². The zero-order valence-corrected chi connectivity index (χ0v) is 22.2. The maximum absolute atomic E-state index is 13.0. The molecule has 1 amide bonds. The largest absolute Gasteiger partial charge is 0.490 e. The summed E-state index contributed by atoms with van der Waals surface area (Å²) in [6, 6.07) is 14.1. The van der Waals surface area contributed by atoms with E-state index in [2.05, 4.69) is 21.2 Å². The molecular formula is C26H18BrCl2F3N2O3. The van der Waals surface area contributed by atoms with E-state index in [1.807, 2.05) is 0 Å². The number of carbonyl (C=O) groups is 1. The number of alkyl halides is 3. The number of nitrogens with zero attached hydrogens (tertiary/aromatic N) is 1. The molecule has 0 aromatic heterocycles. The van der Waals surface area contributed by atoms with Crippen LogP contribution in [-0.2, 0) is 17.6 Å². The first-order valence-corrected chi connectivity index (χ1v) is 12.2. The first-order valence-electron chi connectivity index (χ1n) is 10.6. The van der Waals surface area contributed by atoms with E-state index in [-0.39, 0.29) is 17.9 Å². The summed E-state index contributed by atoms with van der Waals surface area (Å²) in [7, 11) is 0. The third-order valence-electron chi connectivity index (χ3n) is 4.84. The van der Waals surface area contributed by atoms with E-state index in [0.29, 0.717) is 43.8 Å². The Morgan fingerprint density at radius 2 is 1.89 bits per heavy atom. The average molecular weight is 614 g/mol. The van der Waals surface area contributed by atoms with Crippen LogP contribution in [0, 0.1) is 11.3 Å². The van der Waals surface area contributed by atoms with Gasteiger partial charge in [-0.25, -0.2) is 0 Å². The second-order valence-corrected chi connectivity index (χ2v) is 9.19. The predicted molar refractivity (Wildman–Crippen MR) is 140 cm³/mol. The number of hydrogen-bond acceptors (Lipinski definition) is 4. The molecule has 0 heterocycles. The van der Waals surface area contributed by atoms with Gasteiger partial charge in [0.05, 0.1) is 16.6 Å². The topological polar surface area (TPSA) is 71.3 Å². The van der Waals surface area contributed by atoms with Crippen molar-refractivity contribution in [2.24, 2.45) is 0 Å². The fraction of sp³-hybridized carbons (Fsp3) is 0.154. The van der Waals surface area contributed by atoms with Crippen molar-refractivity contribution in [2.75, 3.05) is 11.9 Å². The molecule has 0 aliphatic rings. The minimum Gasteiger partial charge on any atom is -0.490 e. The Morgan fingerprint density at radius 1 is 1.14 bits per heavy atom. The predicted octanol–water partition coefficient (Wildman–Crippen LogP) is 8.30. The molecule has 3 aromatic rings.